The molecule has 0 aliphatic heterocycles. The van der Waals surface area contributed by atoms with Crippen LogP contribution in [0.2, 0.25) is 0 Å². The monoisotopic (exact) mass is 354 g/mol. The molecule has 25 heavy (non-hydrogen) atoms. The van der Waals surface area contributed by atoms with E-state index in [-0.39, 0.29) is 23.8 Å². The fraction of sp³-hybridized carbons (Fsp3) is 0.952. The molecule has 2 aliphatic rings. The Morgan fingerprint density at radius 2 is 1.60 bits per heavy atom. The van der Waals surface area contributed by atoms with Crippen LogP contribution in [0, 0.1) is 23.2 Å². The molecule has 2 aliphatic carbocycles. The van der Waals surface area contributed by atoms with Gasteiger partial charge in [0.05, 0.1) is 11.5 Å². The van der Waals surface area contributed by atoms with Crippen molar-refractivity contribution in [1.29, 1.82) is 0 Å². The summed E-state index contributed by atoms with van der Waals surface area (Å²) in [5, 5.41) is 0. The quantitative estimate of drug-likeness (QED) is 0.479. The van der Waals surface area contributed by atoms with Crippen molar-refractivity contribution < 1.29 is 19.0 Å². The van der Waals surface area contributed by atoms with E-state index in [1.165, 1.54) is 6.42 Å². The van der Waals surface area contributed by atoms with Crippen molar-refractivity contribution in [3.8, 4) is 0 Å². The zero-order valence-corrected chi connectivity index (χ0v) is 17.0. The topological polar surface area (TPSA) is 44.8 Å². The number of esters is 1. The molecule has 2 saturated carbocycles. The highest BCUT2D eigenvalue weighted by Gasteiger charge is 2.39. The van der Waals surface area contributed by atoms with E-state index in [2.05, 4.69) is 13.8 Å². The largest absolute Gasteiger partial charge is 0.462 e. The predicted octanol–water partition coefficient (Wildman–Crippen LogP) is 4.95. The van der Waals surface area contributed by atoms with Crippen molar-refractivity contribution >= 4 is 5.97 Å². The molecular formula is C21H38O4. The number of ether oxygens (including phenoxy) is 3. The molecule has 0 heterocycles. The van der Waals surface area contributed by atoms with Gasteiger partial charge in [0.15, 0.2) is 6.29 Å². The maximum absolute atomic E-state index is 12.3. The number of methoxy groups -OCH3 is 1. The zero-order valence-electron chi connectivity index (χ0n) is 17.0. The molecule has 5 atom stereocenters. The smallest absolute Gasteiger partial charge is 0.311 e. The molecular weight excluding hydrogens is 316 g/mol. The molecule has 5 unspecified atom stereocenters. The van der Waals surface area contributed by atoms with E-state index in [1.807, 2.05) is 20.8 Å². The third-order valence-electron chi connectivity index (χ3n) is 6.33. The Balaban J connectivity index is 1.82. The normalized spacial score (nSPS) is 31.5. The number of hydrogen-bond acceptors (Lipinski definition) is 4. The molecule has 4 nitrogen and oxygen atoms in total. The summed E-state index contributed by atoms with van der Waals surface area (Å²) in [5.41, 5.74) is -0.367. The first-order valence-electron chi connectivity index (χ1n) is 10.2. The van der Waals surface area contributed by atoms with Crippen molar-refractivity contribution in [2.24, 2.45) is 23.2 Å². The second kappa shape index (κ2) is 8.85. The van der Waals surface area contributed by atoms with Crippen LogP contribution in [0.5, 0.6) is 0 Å². The molecule has 0 radical (unpaired) electrons. The molecule has 2 fully saturated rings. The molecule has 0 saturated heterocycles. The minimum atomic E-state index is -0.367. The Morgan fingerprint density at radius 3 is 2.12 bits per heavy atom. The van der Waals surface area contributed by atoms with E-state index in [9.17, 15) is 4.79 Å². The Hall–Kier alpha value is -0.610. The molecule has 0 N–H and O–H groups in total. The zero-order chi connectivity index (χ0) is 18.6. The lowest BCUT2D eigenvalue weighted by molar-refractivity contribution is -0.192. The Kier molecular flexibility index (Phi) is 7.33. The van der Waals surface area contributed by atoms with Crippen LogP contribution in [0.1, 0.15) is 79.6 Å². The van der Waals surface area contributed by atoms with Crippen LogP contribution in [0.15, 0.2) is 0 Å². The van der Waals surface area contributed by atoms with Gasteiger partial charge in [-0.25, -0.2) is 0 Å². The summed E-state index contributed by atoms with van der Waals surface area (Å²) in [6, 6.07) is 0. The summed E-state index contributed by atoms with van der Waals surface area (Å²) in [6.07, 6.45) is 7.70. The van der Waals surface area contributed by atoms with Crippen molar-refractivity contribution in [3.63, 3.8) is 0 Å². The van der Waals surface area contributed by atoms with Gasteiger partial charge >= 0.3 is 5.97 Å². The van der Waals surface area contributed by atoms with Gasteiger partial charge in [-0.15, -0.1) is 0 Å². The van der Waals surface area contributed by atoms with Crippen LogP contribution in [0.3, 0.4) is 0 Å². The number of rotatable bonds is 7. The highest BCUT2D eigenvalue weighted by Crippen LogP contribution is 2.43. The molecule has 2 rings (SSSR count). The van der Waals surface area contributed by atoms with Gasteiger partial charge in [0, 0.05) is 13.0 Å². The fourth-order valence-electron chi connectivity index (χ4n) is 4.16. The lowest BCUT2D eigenvalue weighted by Gasteiger charge is -2.42. The van der Waals surface area contributed by atoms with Crippen molar-refractivity contribution in [2.75, 3.05) is 7.11 Å². The third kappa shape index (κ3) is 5.43. The van der Waals surface area contributed by atoms with Gasteiger partial charge in [0.25, 0.3) is 0 Å². The van der Waals surface area contributed by atoms with Gasteiger partial charge in [-0.3, -0.25) is 4.79 Å². The Bertz CT molecular complexity index is 432. The minimum Gasteiger partial charge on any atom is -0.462 e. The minimum absolute atomic E-state index is 0.0321. The second-order valence-electron chi connectivity index (χ2n) is 9.02. The predicted molar refractivity (Wildman–Crippen MR) is 99.1 cm³/mol. The van der Waals surface area contributed by atoms with Crippen LogP contribution in [-0.2, 0) is 19.0 Å². The van der Waals surface area contributed by atoms with E-state index >= 15 is 0 Å². The van der Waals surface area contributed by atoms with Gasteiger partial charge in [-0.2, -0.15) is 0 Å². The highest BCUT2D eigenvalue weighted by atomic mass is 16.7. The summed E-state index contributed by atoms with van der Waals surface area (Å²) in [5.74, 6) is 1.73. The lowest BCUT2D eigenvalue weighted by atomic mass is 9.69. The summed E-state index contributed by atoms with van der Waals surface area (Å²) in [4.78, 5) is 12.3. The maximum atomic E-state index is 12.3. The van der Waals surface area contributed by atoms with E-state index < -0.39 is 0 Å². The summed E-state index contributed by atoms with van der Waals surface area (Å²) < 4.78 is 17.5. The highest BCUT2D eigenvalue weighted by molar-refractivity contribution is 5.76. The van der Waals surface area contributed by atoms with Crippen molar-refractivity contribution in [3.05, 3.63) is 0 Å². The SMILES string of the molecule is CCC(C)(C)C(=O)OC1CCC2CC(OC(OC)C(C)C)CCC2C1. The number of carbonyl (C=O) groups excluding carboxylic acids is 1. The molecule has 0 amide bonds. The second-order valence-corrected chi connectivity index (χ2v) is 9.02. The first-order chi connectivity index (χ1) is 11.8. The van der Waals surface area contributed by atoms with E-state index in [1.54, 1.807) is 7.11 Å². The average Bonchev–Trinajstić information content (AvgIpc) is 2.59. The molecule has 146 valence electrons. The van der Waals surface area contributed by atoms with Crippen LogP contribution >= 0.6 is 0 Å². The van der Waals surface area contributed by atoms with Crippen LogP contribution in [0.4, 0.5) is 0 Å². The number of hydrogen-bond donors (Lipinski definition) is 0. The molecule has 0 aromatic rings. The van der Waals surface area contributed by atoms with Crippen LogP contribution in [-0.4, -0.2) is 31.6 Å². The van der Waals surface area contributed by atoms with E-state index in [0.717, 1.165) is 38.5 Å². The fourth-order valence-corrected chi connectivity index (χ4v) is 4.16. The average molecular weight is 355 g/mol. The van der Waals surface area contributed by atoms with Crippen molar-refractivity contribution in [1.82, 2.24) is 0 Å². The van der Waals surface area contributed by atoms with Gasteiger partial charge in [0.2, 0.25) is 0 Å². The van der Waals surface area contributed by atoms with Crippen LogP contribution < -0.4 is 0 Å². The molecule has 0 spiro atoms. The standard InChI is InChI=1S/C21H38O4/c1-7-21(4,5)20(22)25-18-11-9-15-12-17(10-8-16(15)13-18)24-19(23-6)14(2)3/h14-19H,7-13H2,1-6H3. The summed E-state index contributed by atoms with van der Waals surface area (Å²) >= 11 is 0. The first-order valence-corrected chi connectivity index (χ1v) is 10.2. The lowest BCUT2D eigenvalue weighted by Crippen LogP contribution is -2.40. The Labute approximate surface area is 154 Å². The Morgan fingerprint density at radius 1 is 1.04 bits per heavy atom. The van der Waals surface area contributed by atoms with Gasteiger partial charge in [-0.05, 0) is 70.6 Å². The first kappa shape index (κ1) is 20.7. The molecule has 4 heteroatoms. The molecule has 0 aromatic carbocycles. The molecule has 0 bridgehead atoms. The van der Waals surface area contributed by atoms with Crippen LogP contribution in [0.25, 0.3) is 0 Å². The van der Waals surface area contributed by atoms with E-state index in [0.29, 0.717) is 23.9 Å². The van der Waals surface area contributed by atoms with Crippen molar-refractivity contribution in [2.45, 2.75) is 98.1 Å². The molecule has 0 aromatic heterocycles. The van der Waals surface area contributed by atoms with Gasteiger partial charge in [0.1, 0.15) is 6.10 Å². The van der Waals surface area contributed by atoms with Gasteiger partial charge < -0.3 is 14.2 Å². The summed E-state index contributed by atoms with van der Waals surface area (Å²) in [7, 11) is 1.73. The summed E-state index contributed by atoms with van der Waals surface area (Å²) in [6.45, 7) is 10.3. The third-order valence-corrected chi connectivity index (χ3v) is 6.33. The van der Waals surface area contributed by atoms with E-state index in [4.69, 9.17) is 14.2 Å². The maximum Gasteiger partial charge on any atom is 0.311 e. The number of fused-ring (bicyclic) bond motifs is 1. The number of carbonyl (C=O) groups is 1. The van der Waals surface area contributed by atoms with Gasteiger partial charge in [-0.1, -0.05) is 20.8 Å².